The molecule has 3 atom stereocenters. The maximum absolute atomic E-state index is 13.8. The van der Waals surface area contributed by atoms with E-state index in [1.165, 1.54) is 7.11 Å². The van der Waals surface area contributed by atoms with Crippen molar-refractivity contribution in [1.29, 1.82) is 0 Å². The summed E-state index contributed by atoms with van der Waals surface area (Å²) >= 11 is 0. The Kier molecular flexibility index (Phi) is 3.87. The zero-order chi connectivity index (χ0) is 21.1. The fourth-order valence-corrected chi connectivity index (χ4v) is 5.49. The van der Waals surface area contributed by atoms with E-state index in [-0.39, 0.29) is 5.78 Å². The molecule has 0 saturated heterocycles. The van der Waals surface area contributed by atoms with E-state index in [9.17, 15) is 14.4 Å². The molecule has 0 radical (unpaired) electrons. The van der Waals surface area contributed by atoms with Gasteiger partial charge in [0.15, 0.2) is 11.2 Å². The Morgan fingerprint density at radius 2 is 1.70 bits per heavy atom. The molecular weight excluding hydrogens is 380 g/mol. The number of hydrogen-bond donors (Lipinski definition) is 0. The van der Waals surface area contributed by atoms with Crippen molar-refractivity contribution < 1.29 is 23.9 Å². The van der Waals surface area contributed by atoms with E-state index in [0.717, 1.165) is 16.3 Å². The van der Waals surface area contributed by atoms with Crippen LogP contribution in [0.1, 0.15) is 35.2 Å². The minimum Gasteiger partial charge on any atom is -0.468 e. The van der Waals surface area contributed by atoms with Crippen molar-refractivity contribution >= 4 is 28.5 Å². The first-order valence-electron chi connectivity index (χ1n) is 9.96. The van der Waals surface area contributed by atoms with Crippen LogP contribution in [0.15, 0.2) is 66.7 Å². The number of Topliss-reactive ketones (excluding diaryl/α,β-unsaturated/α-hetero) is 1. The number of ketones is 1. The molecule has 1 fully saturated rings. The summed E-state index contributed by atoms with van der Waals surface area (Å²) in [6.45, 7) is 1.84. The van der Waals surface area contributed by atoms with Crippen LogP contribution < -0.4 is 4.74 Å². The second kappa shape index (κ2) is 6.26. The van der Waals surface area contributed by atoms with Crippen molar-refractivity contribution in [1.82, 2.24) is 0 Å². The summed E-state index contributed by atoms with van der Waals surface area (Å²) in [4.78, 5) is 40.2. The highest BCUT2D eigenvalue weighted by Crippen LogP contribution is 2.80. The largest absolute Gasteiger partial charge is 0.468 e. The van der Waals surface area contributed by atoms with E-state index in [1.54, 1.807) is 30.3 Å². The molecule has 1 saturated carbocycles. The summed E-state index contributed by atoms with van der Waals surface area (Å²) < 4.78 is 10.8. The van der Waals surface area contributed by atoms with E-state index >= 15 is 0 Å². The van der Waals surface area contributed by atoms with E-state index in [0.29, 0.717) is 17.7 Å². The fraction of sp³-hybridized carbons (Fsp3) is 0.240. The van der Waals surface area contributed by atoms with E-state index in [4.69, 9.17) is 9.47 Å². The molecule has 0 unspecified atom stereocenters. The van der Waals surface area contributed by atoms with Gasteiger partial charge in [-0.1, -0.05) is 67.6 Å². The first kappa shape index (κ1) is 18.6. The number of fused-ring (bicyclic) bond motifs is 5. The lowest BCUT2D eigenvalue weighted by Gasteiger charge is -2.23. The summed E-state index contributed by atoms with van der Waals surface area (Å²) in [7, 11) is 1.24. The second-order valence-electron chi connectivity index (χ2n) is 7.84. The quantitative estimate of drug-likeness (QED) is 0.283. The van der Waals surface area contributed by atoms with Crippen molar-refractivity contribution in [3.8, 4) is 5.75 Å². The van der Waals surface area contributed by atoms with Gasteiger partial charge in [0.1, 0.15) is 5.75 Å². The third-order valence-corrected chi connectivity index (χ3v) is 6.80. The van der Waals surface area contributed by atoms with E-state index in [2.05, 4.69) is 0 Å². The lowest BCUT2D eigenvalue weighted by atomic mass is 9.83. The van der Waals surface area contributed by atoms with Gasteiger partial charge in [-0.15, -0.1) is 0 Å². The predicted molar refractivity (Wildman–Crippen MR) is 110 cm³/mol. The molecule has 5 heteroatoms. The average molecular weight is 400 g/mol. The molecule has 3 aromatic carbocycles. The van der Waals surface area contributed by atoms with Crippen LogP contribution in [0.25, 0.3) is 10.8 Å². The van der Waals surface area contributed by atoms with E-state index in [1.807, 2.05) is 43.3 Å². The number of ether oxygens (including phenoxy) is 2. The van der Waals surface area contributed by atoms with Gasteiger partial charge < -0.3 is 9.47 Å². The molecule has 1 aliphatic carbocycles. The molecule has 30 heavy (non-hydrogen) atoms. The Labute approximate surface area is 173 Å². The van der Waals surface area contributed by atoms with Crippen LogP contribution in [-0.2, 0) is 14.3 Å². The molecular formula is C25H20O5. The zero-order valence-electron chi connectivity index (χ0n) is 16.7. The molecule has 5 rings (SSSR count). The molecule has 3 aromatic rings. The number of benzene rings is 3. The van der Waals surface area contributed by atoms with Crippen molar-refractivity contribution in [2.45, 2.75) is 19.3 Å². The smallest absolute Gasteiger partial charge is 0.330 e. The third-order valence-electron chi connectivity index (χ3n) is 6.80. The van der Waals surface area contributed by atoms with Gasteiger partial charge in [-0.25, -0.2) is 0 Å². The number of carbonyl (C=O) groups is 3. The molecule has 0 amide bonds. The van der Waals surface area contributed by atoms with Crippen molar-refractivity contribution in [3.63, 3.8) is 0 Å². The fourth-order valence-electron chi connectivity index (χ4n) is 5.49. The molecule has 1 heterocycles. The van der Waals surface area contributed by atoms with Gasteiger partial charge in [0.25, 0.3) is 0 Å². The summed E-state index contributed by atoms with van der Waals surface area (Å²) in [6.07, 6.45) is 0.304. The maximum Gasteiger partial charge on any atom is 0.330 e. The molecule has 1 aliphatic heterocycles. The molecule has 0 N–H and O–H groups in total. The van der Waals surface area contributed by atoms with Gasteiger partial charge in [0.2, 0.25) is 0 Å². The third kappa shape index (κ3) is 1.99. The normalized spacial score (nSPS) is 26.3. The van der Waals surface area contributed by atoms with Crippen LogP contribution in [0, 0.1) is 10.8 Å². The SMILES string of the molecule is CC[C@@]1(C(=O)c2ccccc2)[C@@H]2c3c(ccc4ccccc34)OC(=O)[C@@]21C(=O)OC. The minimum absolute atomic E-state index is 0.237. The highest BCUT2D eigenvalue weighted by Gasteiger charge is 2.90. The van der Waals surface area contributed by atoms with Crippen LogP contribution in [0.4, 0.5) is 0 Å². The van der Waals surface area contributed by atoms with E-state index < -0.39 is 28.7 Å². The lowest BCUT2D eigenvalue weighted by Crippen LogP contribution is -2.40. The van der Waals surface area contributed by atoms with Crippen molar-refractivity contribution in [2.24, 2.45) is 10.8 Å². The highest BCUT2D eigenvalue weighted by atomic mass is 16.6. The van der Waals surface area contributed by atoms with Gasteiger partial charge >= 0.3 is 11.9 Å². The van der Waals surface area contributed by atoms with Crippen LogP contribution in [0.2, 0.25) is 0 Å². The van der Waals surface area contributed by atoms with Crippen LogP contribution in [0.5, 0.6) is 5.75 Å². The lowest BCUT2D eigenvalue weighted by molar-refractivity contribution is -0.160. The number of rotatable bonds is 4. The van der Waals surface area contributed by atoms with Crippen molar-refractivity contribution in [2.75, 3.05) is 7.11 Å². The molecule has 0 spiro atoms. The Bertz CT molecular complexity index is 1210. The predicted octanol–water partition coefficient (Wildman–Crippen LogP) is 4.29. The summed E-state index contributed by atoms with van der Waals surface area (Å²) in [5.74, 6) is -1.91. The Morgan fingerprint density at radius 3 is 2.40 bits per heavy atom. The first-order valence-corrected chi connectivity index (χ1v) is 9.96. The molecule has 150 valence electrons. The topological polar surface area (TPSA) is 69.7 Å². The maximum atomic E-state index is 13.8. The van der Waals surface area contributed by atoms with Crippen LogP contribution in [0.3, 0.4) is 0 Å². The van der Waals surface area contributed by atoms with Crippen molar-refractivity contribution in [3.05, 3.63) is 77.9 Å². The monoisotopic (exact) mass is 400 g/mol. The highest BCUT2D eigenvalue weighted by molar-refractivity contribution is 6.21. The molecule has 2 aliphatic rings. The van der Waals surface area contributed by atoms with Gasteiger partial charge in [0.05, 0.1) is 12.5 Å². The number of methoxy groups -OCH3 is 1. The zero-order valence-corrected chi connectivity index (χ0v) is 16.7. The summed E-state index contributed by atoms with van der Waals surface area (Å²) in [6, 6.07) is 20.1. The standard InChI is InChI=1S/C25H20O5/c1-3-24(21(26)16-10-5-4-6-11-16)20-19-17-12-8-7-9-15(17)13-14-18(19)30-23(28)25(20,24)22(27)29-2/h4-14,20H,3H2,1-2H3/t20-,24-,25-/m0/s1. The van der Waals surface area contributed by atoms with Crippen LogP contribution in [-0.4, -0.2) is 24.8 Å². The Hall–Kier alpha value is -3.47. The van der Waals surface area contributed by atoms with Gasteiger partial charge in [-0.05, 0) is 23.3 Å². The van der Waals surface area contributed by atoms with Gasteiger partial charge in [-0.2, -0.15) is 0 Å². The number of hydrogen-bond acceptors (Lipinski definition) is 5. The molecule has 0 aromatic heterocycles. The molecule has 5 nitrogen and oxygen atoms in total. The van der Waals surface area contributed by atoms with Gasteiger partial charge in [-0.3, -0.25) is 14.4 Å². The Balaban J connectivity index is 1.83. The first-order chi connectivity index (χ1) is 14.5. The summed E-state index contributed by atoms with van der Waals surface area (Å²) in [5, 5.41) is 1.83. The average Bonchev–Trinajstić information content (AvgIpc) is 3.44. The minimum atomic E-state index is -1.68. The number of esters is 2. The second-order valence-corrected chi connectivity index (χ2v) is 7.84. The number of carbonyl (C=O) groups excluding carboxylic acids is 3. The Morgan fingerprint density at radius 1 is 1.00 bits per heavy atom. The van der Waals surface area contributed by atoms with Gasteiger partial charge in [0, 0.05) is 17.0 Å². The van der Waals surface area contributed by atoms with Crippen LogP contribution >= 0.6 is 0 Å². The summed E-state index contributed by atoms with van der Waals surface area (Å²) in [5.41, 5.74) is -1.75. The molecule has 0 bridgehead atoms.